The Labute approximate surface area is 161 Å². The number of ether oxygens (including phenoxy) is 1. The third-order valence-corrected chi connectivity index (χ3v) is 4.87. The molecule has 0 saturated heterocycles. The number of carbonyl (C=O) groups excluding carboxylic acids is 2. The third-order valence-electron chi connectivity index (χ3n) is 4.24. The molecule has 0 atom stereocenters. The molecule has 0 aliphatic rings. The molecule has 5 nitrogen and oxygen atoms in total. The predicted octanol–water partition coefficient (Wildman–Crippen LogP) is 3.61. The molecule has 0 aliphatic carbocycles. The van der Waals surface area contributed by atoms with Gasteiger partial charge in [-0.2, -0.15) is 5.10 Å². The van der Waals surface area contributed by atoms with E-state index in [-0.39, 0.29) is 24.0 Å². The van der Waals surface area contributed by atoms with E-state index in [0.717, 1.165) is 24.8 Å². The quantitative estimate of drug-likeness (QED) is 0.315. The highest BCUT2D eigenvalue weighted by atomic mass is 32.2. The lowest BCUT2D eigenvalue weighted by Gasteiger charge is -2.18. The fourth-order valence-electron chi connectivity index (χ4n) is 2.75. The Morgan fingerprint density at radius 1 is 1.08 bits per heavy atom. The van der Waals surface area contributed by atoms with E-state index >= 15 is 0 Å². The van der Waals surface area contributed by atoms with E-state index in [9.17, 15) is 9.59 Å². The van der Waals surface area contributed by atoms with Crippen LogP contribution >= 0.6 is 11.8 Å². The van der Waals surface area contributed by atoms with Gasteiger partial charge in [0.2, 0.25) is 11.0 Å². The largest absolute Gasteiger partial charge is 0.461 e. The van der Waals surface area contributed by atoms with E-state index < -0.39 is 5.97 Å². The normalized spacial score (nSPS) is 11.4. The molecule has 0 heterocycles. The van der Waals surface area contributed by atoms with Gasteiger partial charge in [0.1, 0.15) is 0 Å². The van der Waals surface area contributed by atoms with Crippen LogP contribution in [-0.4, -0.2) is 41.8 Å². The maximum absolute atomic E-state index is 12.7. The van der Waals surface area contributed by atoms with Crippen molar-refractivity contribution in [3.8, 4) is 0 Å². The molecule has 0 N–H and O–H groups in total. The Kier molecular flexibility index (Phi) is 9.41. The van der Waals surface area contributed by atoms with Gasteiger partial charge in [-0.05, 0) is 54.7 Å². The highest BCUT2D eigenvalue weighted by Gasteiger charge is 2.18. The number of carbonyl (C=O) groups is 2. The average Bonchev–Trinajstić information content (AvgIpc) is 2.65. The number of esters is 1. The van der Waals surface area contributed by atoms with E-state index in [0.29, 0.717) is 0 Å². The van der Waals surface area contributed by atoms with Gasteiger partial charge < -0.3 is 4.74 Å². The molecule has 1 aromatic carbocycles. The summed E-state index contributed by atoms with van der Waals surface area (Å²) in [6.07, 6.45) is 4.77. The standard InChI is InChI=1S/C20H30N2O3S/c1-7-14-11-15(8-2)17(16(9-3)12-14)13-18(23)22(5)21-19(26-6)20(24)25-10-4/h11-12H,7-10,13H2,1-6H3/b21-19+. The first kappa shape index (κ1) is 22.2. The molecule has 0 bridgehead atoms. The van der Waals surface area contributed by atoms with Crippen LogP contribution in [0, 0.1) is 0 Å². The number of amides is 1. The Balaban J connectivity index is 3.07. The molecule has 1 amide bonds. The second-order valence-electron chi connectivity index (χ2n) is 5.88. The number of hydrogen-bond donors (Lipinski definition) is 0. The summed E-state index contributed by atoms with van der Waals surface area (Å²) in [5.74, 6) is -0.648. The molecule has 6 heteroatoms. The van der Waals surface area contributed by atoms with E-state index in [4.69, 9.17) is 4.74 Å². The minimum absolute atomic E-state index is 0.144. The van der Waals surface area contributed by atoms with Gasteiger partial charge in [-0.3, -0.25) is 4.79 Å². The van der Waals surface area contributed by atoms with Crippen molar-refractivity contribution in [2.75, 3.05) is 19.9 Å². The van der Waals surface area contributed by atoms with Crippen molar-refractivity contribution in [3.63, 3.8) is 0 Å². The molecular formula is C20H30N2O3S. The lowest BCUT2D eigenvalue weighted by Crippen LogP contribution is -2.27. The Hall–Kier alpha value is -1.82. The summed E-state index contributed by atoms with van der Waals surface area (Å²) in [4.78, 5) is 24.5. The van der Waals surface area contributed by atoms with E-state index in [1.807, 2.05) is 0 Å². The summed E-state index contributed by atoms with van der Waals surface area (Å²) in [5, 5.41) is 5.56. The van der Waals surface area contributed by atoms with Crippen LogP contribution in [0.15, 0.2) is 17.2 Å². The van der Waals surface area contributed by atoms with Crippen molar-refractivity contribution in [3.05, 3.63) is 34.4 Å². The fourth-order valence-corrected chi connectivity index (χ4v) is 3.18. The molecule has 1 rings (SSSR count). The van der Waals surface area contributed by atoms with Crippen molar-refractivity contribution >= 4 is 28.7 Å². The van der Waals surface area contributed by atoms with Gasteiger partial charge in [0.15, 0.2) is 0 Å². The monoisotopic (exact) mass is 378 g/mol. The smallest absolute Gasteiger partial charge is 0.365 e. The number of nitrogens with zero attached hydrogens (tertiary/aromatic N) is 2. The molecular weight excluding hydrogens is 348 g/mol. The topological polar surface area (TPSA) is 59.0 Å². The number of hydrogen-bond acceptors (Lipinski definition) is 5. The van der Waals surface area contributed by atoms with Gasteiger partial charge >= 0.3 is 5.97 Å². The van der Waals surface area contributed by atoms with Crippen molar-refractivity contribution in [2.24, 2.45) is 5.10 Å². The van der Waals surface area contributed by atoms with Crippen LogP contribution in [0.25, 0.3) is 0 Å². The molecule has 0 saturated carbocycles. The summed E-state index contributed by atoms with van der Waals surface area (Å²) in [5.41, 5.74) is 4.80. The molecule has 0 unspecified atom stereocenters. The van der Waals surface area contributed by atoms with Crippen LogP contribution in [0.3, 0.4) is 0 Å². The van der Waals surface area contributed by atoms with Crippen molar-refractivity contribution < 1.29 is 14.3 Å². The summed E-state index contributed by atoms with van der Waals surface area (Å²) in [6, 6.07) is 4.38. The van der Waals surface area contributed by atoms with Crippen LogP contribution < -0.4 is 0 Å². The number of thioether (sulfide) groups is 1. The Bertz CT molecular complexity index is 646. The van der Waals surface area contributed by atoms with Crippen LogP contribution in [-0.2, 0) is 40.0 Å². The summed E-state index contributed by atoms with van der Waals surface area (Å²) < 4.78 is 4.96. The lowest BCUT2D eigenvalue weighted by atomic mass is 9.91. The molecule has 0 spiro atoms. The second kappa shape index (κ2) is 11.0. The van der Waals surface area contributed by atoms with Crippen molar-refractivity contribution in [1.29, 1.82) is 0 Å². The minimum atomic E-state index is -0.504. The SMILES string of the molecule is CCOC(=O)/C(=N\N(C)C(=O)Cc1c(CC)cc(CC)cc1CC)SC. The number of rotatable bonds is 7. The van der Waals surface area contributed by atoms with Crippen LogP contribution in [0.1, 0.15) is 49.9 Å². The van der Waals surface area contributed by atoms with E-state index in [2.05, 4.69) is 38.0 Å². The van der Waals surface area contributed by atoms with Gasteiger partial charge in [-0.25, -0.2) is 9.80 Å². The lowest BCUT2D eigenvalue weighted by molar-refractivity contribution is -0.134. The van der Waals surface area contributed by atoms with Gasteiger partial charge in [0.25, 0.3) is 0 Å². The highest BCUT2D eigenvalue weighted by molar-refractivity contribution is 8.15. The first-order valence-corrected chi connectivity index (χ1v) is 10.3. The molecule has 0 aromatic heterocycles. The van der Waals surface area contributed by atoms with Gasteiger partial charge in [0, 0.05) is 7.05 Å². The maximum Gasteiger partial charge on any atom is 0.365 e. The van der Waals surface area contributed by atoms with E-state index in [1.165, 1.54) is 33.5 Å². The third kappa shape index (κ3) is 5.87. The van der Waals surface area contributed by atoms with Crippen LogP contribution in [0.5, 0.6) is 0 Å². The second-order valence-corrected chi connectivity index (χ2v) is 6.67. The summed E-state index contributed by atoms with van der Waals surface area (Å²) in [7, 11) is 1.58. The maximum atomic E-state index is 12.7. The van der Waals surface area contributed by atoms with Crippen molar-refractivity contribution in [2.45, 2.75) is 53.4 Å². The van der Waals surface area contributed by atoms with Gasteiger partial charge in [0.05, 0.1) is 13.0 Å². The number of likely N-dealkylation sites (N-methyl/N-ethyl adjacent to an activating group) is 1. The highest BCUT2D eigenvalue weighted by Crippen LogP contribution is 2.21. The average molecular weight is 379 g/mol. The molecule has 0 radical (unpaired) electrons. The molecule has 1 aromatic rings. The minimum Gasteiger partial charge on any atom is -0.461 e. The first-order chi connectivity index (χ1) is 12.4. The summed E-state index contributed by atoms with van der Waals surface area (Å²) in [6.45, 7) is 8.37. The number of benzene rings is 1. The molecule has 26 heavy (non-hydrogen) atoms. The zero-order chi connectivity index (χ0) is 19.7. The Morgan fingerprint density at radius 2 is 1.65 bits per heavy atom. The number of aryl methyl sites for hydroxylation is 3. The molecule has 0 fully saturated rings. The van der Waals surface area contributed by atoms with E-state index in [1.54, 1.807) is 20.2 Å². The first-order valence-electron chi connectivity index (χ1n) is 9.11. The van der Waals surface area contributed by atoms with Crippen LogP contribution in [0.4, 0.5) is 0 Å². The van der Waals surface area contributed by atoms with Crippen molar-refractivity contribution in [1.82, 2.24) is 5.01 Å². The predicted molar refractivity (Wildman–Crippen MR) is 109 cm³/mol. The Morgan fingerprint density at radius 3 is 2.08 bits per heavy atom. The van der Waals surface area contributed by atoms with Crippen LogP contribution in [0.2, 0.25) is 0 Å². The zero-order valence-electron chi connectivity index (χ0n) is 16.7. The molecule has 144 valence electrons. The summed E-state index contributed by atoms with van der Waals surface area (Å²) >= 11 is 1.17. The number of hydrazone groups is 1. The molecule has 0 aliphatic heterocycles. The fraction of sp³-hybridized carbons (Fsp3) is 0.550. The van der Waals surface area contributed by atoms with Gasteiger partial charge in [-0.15, -0.1) is 11.8 Å². The van der Waals surface area contributed by atoms with Gasteiger partial charge in [-0.1, -0.05) is 32.9 Å². The zero-order valence-corrected chi connectivity index (χ0v) is 17.5.